The lowest BCUT2D eigenvalue weighted by molar-refractivity contribution is 0.0983. The van der Waals surface area contributed by atoms with Gasteiger partial charge in [0.05, 0.1) is 16.4 Å². The van der Waals surface area contributed by atoms with Gasteiger partial charge in [-0.05, 0) is 12.5 Å². The van der Waals surface area contributed by atoms with Gasteiger partial charge in [0.25, 0.3) is 5.91 Å². The third-order valence-electron chi connectivity index (χ3n) is 4.18. The second-order valence-corrected chi connectivity index (χ2v) is 7.98. The highest BCUT2D eigenvalue weighted by atomic mass is 32.2. The number of anilines is 1. The van der Waals surface area contributed by atoms with Gasteiger partial charge in [-0.1, -0.05) is 30.3 Å². The molecule has 1 aliphatic heterocycles. The molecule has 3 aromatic rings. The van der Waals surface area contributed by atoms with Crippen molar-refractivity contribution in [3.63, 3.8) is 0 Å². The van der Waals surface area contributed by atoms with Crippen LogP contribution in [0.25, 0.3) is 0 Å². The predicted molar refractivity (Wildman–Crippen MR) is 102 cm³/mol. The minimum Gasteiger partial charge on any atom is -0.302 e. The van der Waals surface area contributed by atoms with Gasteiger partial charge in [0.1, 0.15) is 10.7 Å². The number of aromatic nitrogens is 3. The number of fused-ring (bicyclic) bond motifs is 1. The molecule has 128 valence electrons. The monoisotopic (exact) mass is 370 g/mol. The lowest BCUT2D eigenvalue weighted by Gasteiger charge is -2.26. The fourth-order valence-corrected chi connectivity index (χ4v) is 4.94. The van der Waals surface area contributed by atoms with E-state index in [1.54, 1.807) is 23.1 Å². The third kappa shape index (κ3) is 3.09. The number of carbonyl (C=O) groups excluding carboxylic acids is 1. The van der Waals surface area contributed by atoms with Gasteiger partial charge in [0.2, 0.25) is 0 Å². The summed E-state index contributed by atoms with van der Waals surface area (Å²) in [6, 6.07) is 10.2. The fraction of sp³-hybridized carbons (Fsp3) is 0.278. The molecule has 0 N–H and O–H groups in total. The summed E-state index contributed by atoms with van der Waals surface area (Å²) < 4.78 is 1.86. The van der Waals surface area contributed by atoms with Crippen LogP contribution in [0.4, 0.5) is 5.69 Å². The van der Waals surface area contributed by atoms with Gasteiger partial charge >= 0.3 is 0 Å². The first kappa shape index (κ1) is 16.4. The Labute approximate surface area is 154 Å². The largest absolute Gasteiger partial charge is 0.302 e. The molecule has 0 saturated carbocycles. The first-order valence-electron chi connectivity index (χ1n) is 8.10. The summed E-state index contributed by atoms with van der Waals surface area (Å²) in [5.41, 5.74) is 3.55. The van der Waals surface area contributed by atoms with Crippen molar-refractivity contribution in [1.82, 2.24) is 14.8 Å². The average molecular weight is 371 g/mol. The smallest absolute Gasteiger partial charge is 0.277 e. The number of rotatable bonds is 3. The highest BCUT2D eigenvalue weighted by Crippen LogP contribution is 2.37. The molecule has 25 heavy (non-hydrogen) atoms. The summed E-state index contributed by atoms with van der Waals surface area (Å²) >= 11 is 3.29. The van der Waals surface area contributed by atoms with Crippen LogP contribution >= 0.6 is 23.1 Å². The number of thiazole rings is 1. The van der Waals surface area contributed by atoms with E-state index in [-0.39, 0.29) is 5.91 Å². The number of carbonyl (C=O) groups is 1. The van der Waals surface area contributed by atoms with Crippen molar-refractivity contribution in [2.24, 2.45) is 7.05 Å². The zero-order valence-electron chi connectivity index (χ0n) is 14.1. The van der Waals surface area contributed by atoms with Gasteiger partial charge in [-0.15, -0.1) is 23.1 Å². The molecule has 0 saturated heterocycles. The first-order valence-corrected chi connectivity index (χ1v) is 9.96. The molecule has 2 aromatic heterocycles. The quantitative estimate of drug-likeness (QED) is 0.708. The zero-order chi connectivity index (χ0) is 17.4. The Bertz CT molecular complexity index is 917. The van der Waals surface area contributed by atoms with Crippen molar-refractivity contribution >= 4 is 34.7 Å². The Morgan fingerprint density at radius 2 is 2.08 bits per heavy atom. The van der Waals surface area contributed by atoms with E-state index in [4.69, 9.17) is 0 Å². The predicted octanol–water partition coefficient (Wildman–Crippen LogP) is 3.53. The molecule has 0 atom stereocenters. The van der Waals surface area contributed by atoms with Crippen LogP contribution in [0.5, 0.6) is 0 Å². The molecule has 1 aromatic carbocycles. The van der Waals surface area contributed by atoms with Gasteiger partial charge in [0.15, 0.2) is 0 Å². The number of aryl methyl sites for hydroxylation is 2. The van der Waals surface area contributed by atoms with Gasteiger partial charge in [0, 0.05) is 31.1 Å². The van der Waals surface area contributed by atoms with E-state index in [1.807, 2.05) is 47.1 Å². The van der Waals surface area contributed by atoms with Crippen molar-refractivity contribution in [3.8, 4) is 0 Å². The fourth-order valence-electron chi connectivity index (χ4n) is 3.05. The molecular formula is C18H18N4OS2. The number of thioether (sulfide) groups is 1. The van der Waals surface area contributed by atoms with Gasteiger partial charge < -0.3 is 4.90 Å². The molecular weight excluding hydrogens is 352 g/mol. The summed E-state index contributed by atoms with van der Waals surface area (Å²) in [6.07, 6.45) is 0.756. The van der Waals surface area contributed by atoms with Crippen LogP contribution in [0.1, 0.15) is 26.8 Å². The van der Waals surface area contributed by atoms with Crippen LogP contribution in [0.15, 0.2) is 40.7 Å². The van der Waals surface area contributed by atoms with Crippen LogP contribution in [0.3, 0.4) is 0 Å². The number of amides is 1. The van der Waals surface area contributed by atoms with Crippen LogP contribution < -0.4 is 4.90 Å². The van der Waals surface area contributed by atoms with E-state index in [9.17, 15) is 4.79 Å². The Hall–Kier alpha value is -2.12. The van der Waals surface area contributed by atoms with Crippen molar-refractivity contribution in [3.05, 3.63) is 57.7 Å². The molecule has 0 fully saturated rings. The molecule has 3 heterocycles. The molecule has 0 spiro atoms. The van der Waals surface area contributed by atoms with E-state index < -0.39 is 0 Å². The van der Waals surface area contributed by atoms with Crippen LogP contribution in [-0.2, 0) is 13.5 Å². The van der Waals surface area contributed by atoms with Crippen LogP contribution in [0.2, 0.25) is 0 Å². The SMILES string of the molecule is Cc1nn(C)c2c1N(C(=O)c1csc(Cc3ccccc3)n1)CCS2. The minimum absolute atomic E-state index is 0.0341. The first-order chi connectivity index (χ1) is 12.1. The molecule has 1 aliphatic rings. The summed E-state index contributed by atoms with van der Waals surface area (Å²) in [5.74, 6) is 0.840. The minimum atomic E-state index is -0.0341. The normalized spacial score (nSPS) is 13.8. The van der Waals surface area contributed by atoms with Gasteiger partial charge in [-0.2, -0.15) is 5.10 Å². The van der Waals surface area contributed by atoms with E-state index in [1.165, 1.54) is 5.56 Å². The average Bonchev–Trinajstić information content (AvgIpc) is 3.20. The highest BCUT2D eigenvalue weighted by molar-refractivity contribution is 7.99. The molecule has 0 unspecified atom stereocenters. The standard InChI is InChI=1S/C18H18N4OS2/c1-12-16-18(21(2)20-12)24-9-8-22(16)17(23)14-11-25-15(19-14)10-13-6-4-3-5-7-13/h3-7,11H,8-10H2,1-2H3. The lowest BCUT2D eigenvalue weighted by Crippen LogP contribution is -2.36. The summed E-state index contributed by atoms with van der Waals surface area (Å²) in [4.78, 5) is 19.4. The van der Waals surface area contributed by atoms with Crippen LogP contribution in [0, 0.1) is 6.92 Å². The van der Waals surface area contributed by atoms with E-state index >= 15 is 0 Å². The van der Waals surface area contributed by atoms with Crippen molar-refractivity contribution in [2.75, 3.05) is 17.2 Å². The van der Waals surface area contributed by atoms with Crippen LogP contribution in [-0.4, -0.2) is 33.0 Å². The number of hydrogen-bond acceptors (Lipinski definition) is 5. The summed E-state index contributed by atoms with van der Waals surface area (Å²) in [6.45, 7) is 2.64. The Kier molecular flexibility index (Phi) is 4.35. The topological polar surface area (TPSA) is 51.0 Å². The third-order valence-corrected chi connectivity index (χ3v) is 6.14. The van der Waals surface area contributed by atoms with E-state index in [0.29, 0.717) is 12.2 Å². The van der Waals surface area contributed by atoms with Gasteiger partial charge in [-0.3, -0.25) is 9.48 Å². The molecule has 5 nitrogen and oxygen atoms in total. The molecule has 4 rings (SSSR count). The maximum absolute atomic E-state index is 13.0. The maximum Gasteiger partial charge on any atom is 0.277 e. The molecule has 1 amide bonds. The number of benzene rings is 1. The number of nitrogens with zero attached hydrogens (tertiary/aromatic N) is 4. The molecule has 0 bridgehead atoms. The molecule has 0 radical (unpaired) electrons. The Balaban J connectivity index is 1.59. The maximum atomic E-state index is 13.0. The van der Waals surface area contributed by atoms with E-state index in [2.05, 4.69) is 22.2 Å². The Morgan fingerprint density at radius 1 is 1.28 bits per heavy atom. The second kappa shape index (κ2) is 6.65. The zero-order valence-corrected chi connectivity index (χ0v) is 15.7. The molecule has 7 heteroatoms. The van der Waals surface area contributed by atoms with Crippen molar-refractivity contribution in [1.29, 1.82) is 0 Å². The Morgan fingerprint density at radius 3 is 2.88 bits per heavy atom. The van der Waals surface area contributed by atoms with Crippen molar-refractivity contribution < 1.29 is 4.79 Å². The molecule has 0 aliphatic carbocycles. The summed E-state index contributed by atoms with van der Waals surface area (Å²) in [7, 11) is 1.92. The van der Waals surface area contributed by atoms with Crippen molar-refractivity contribution in [2.45, 2.75) is 18.4 Å². The van der Waals surface area contributed by atoms with E-state index in [0.717, 1.165) is 33.6 Å². The summed E-state index contributed by atoms with van der Waals surface area (Å²) in [5, 5.41) is 8.35. The number of hydrogen-bond donors (Lipinski definition) is 0. The van der Waals surface area contributed by atoms with Gasteiger partial charge in [-0.25, -0.2) is 4.98 Å². The lowest BCUT2D eigenvalue weighted by atomic mass is 10.2. The highest BCUT2D eigenvalue weighted by Gasteiger charge is 2.30. The second-order valence-electron chi connectivity index (χ2n) is 5.96.